The number of hydrogen-bond donors (Lipinski definition) is 2. The van der Waals surface area contributed by atoms with Gasteiger partial charge in [0.25, 0.3) is 0 Å². The second-order valence-electron chi connectivity index (χ2n) is 5.61. The maximum atomic E-state index is 6.30. The van der Waals surface area contributed by atoms with Gasteiger partial charge in [-0.25, -0.2) is 9.97 Å². The highest BCUT2D eigenvalue weighted by molar-refractivity contribution is 6.43. The molecule has 0 spiro atoms. The van der Waals surface area contributed by atoms with Gasteiger partial charge in [0.05, 0.1) is 15.7 Å². The molecule has 0 radical (unpaired) electrons. The molecule has 0 amide bonds. The quantitative estimate of drug-likeness (QED) is 0.865. The lowest BCUT2D eigenvalue weighted by Gasteiger charge is -2.35. The van der Waals surface area contributed by atoms with Crippen molar-refractivity contribution in [3.63, 3.8) is 0 Å². The number of anilines is 4. The van der Waals surface area contributed by atoms with Crippen molar-refractivity contribution in [1.29, 1.82) is 0 Å². The summed E-state index contributed by atoms with van der Waals surface area (Å²) in [5.41, 5.74) is 7.47. The zero-order valence-corrected chi connectivity index (χ0v) is 15.0. The first-order chi connectivity index (χ1) is 11.6. The third-order valence-corrected chi connectivity index (χ3v) is 5.01. The van der Waals surface area contributed by atoms with Crippen LogP contribution in [0.1, 0.15) is 6.92 Å². The van der Waals surface area contributed by atoms with E-state index in [1.165, 1.54) is 6.33 Å². The van der Waals surface area contributed by atoms with E-state index in [2.05, 4.69) is 32.0 Å². The Morgan fingerprint density at radius 1 is 1.17 bits per heavy atom. The Balaban J connectivity index is 1.82. The number of rotatable bonds is 4. The molecule has 0 atom stereocenters. The molecule has 6 nitrogen and oxygen atoms in total. The lowest BCUT2D eigenvalue weighted by atomic mass is 10.2. The SMILES string of the molecule is CCN1CCN(c2ncnc(Nc3cccc(Cl)c3Cl)c2N)CC1. The molecule has 0 saturated carbocycles. The molecule has 3 N–H and O–H groups in total. The van der Waals surface area contributed by atoms with E-state index in [0.717, 1.165) is 38.5 Å². The van der Waals surface area contributed by atoms with Crippen molar-refractivity contribution >= 4 is 46.2 Å². The summed E-state index contributed by atoms with van der Waals surface area (Å²) in [5.74, 6) is 1.28. The summed E-state index contributed by atoms with van der Waals surface area (Å²) in [4.78, 5) is 13.2. The van der Waals surface area contributed by atoms with E-state index in [1.807, 2.05) is 12.1 Å². The minimum atomic E-state index is 0.440. The highest BCUT2D eigenvalue weighted by Gasteiger charge is 2.20. The standard InChI is InChI=1S/C16H20Cl2N6/c1-2-23-6-8-24(9-7-23)16-14(19)15(20-10-21-16)22-12-5-3-4-11(17)13(12)18/h3-5,10H,2,6-9,19H2,1H3,(H,20,21,22). The van der Waals surface area contributed by atoms with Gasteiger partial charge in [-0.1, -0.05) is 36.2 Å². The number of likely N-dealkylation sites (N-methyl/N-ethyl adjacent to an activating group) is 1. The molecule has 1 fully saturated rings. The summed E-state index contributed by atoms with van der Waals surface area (Å²) < 4.78 is 0. The van der Waals surface area contributed by atoms with E-state index in [1.54, 1.807) is 6.07 Å². The molecule has 0 unspecified atom stereocenters. The van der Waals surface area contributed by atoms with Gasteiger partial charge in [0.2, 0.25) is 0 Å². The predicted molar refractivity (Wildman–Crippen MR) is 101 cm³/mol. The largest absolute Gasteiger partial charge is 0.393 e. The summed E-state index contributed by atoms with van der Waals surface area (Å²) in [6.45, 7) is 7.03. The van der Waals surface area contributed by atoms with E-state index in [4.69, 9.17) is 28.9 Å². The third kappa shape index (κ3) is 3.50. The molecule has 3 rings (SSSR count). The highest BCUT2D eigenvalue weighted by atomic mass is 35.5. The number of benzene rings is 1. The van der Waals surface area contributed by atoms with Crippen molar-refractivity contribution in [2.24, 2.45) is 0 Å². The lowest BCUT2D eigenvalue weighted by Crippen LogP contribution is -2.46. The van der Waals surface area contributed by atoms with Gasteiger partial charge in [-0.05, 0) is 18.7 Å². The van der Waals surface area contributed by atoms with Crippen molar-refractivity contribution in [3.05, 3.63) is 34.6 Å². The normalized spacial score (nSPS) is 15.5. The first kappa shape index (κ1) is 17.1. The number of hydrogen-bond acceptors (Lipinski definition) is 6. The van der Waals surface area contributed by atoms with Crippen LogP contribution in [0.15, 0.2) is 24.5 Å². The van der Waals surface area contributed by atoms with Crippen molar-refractivity contribution in [1.82, 2.24) is 14.9 Å². The van der Waals surface area contributed by atoms with Gasteiger partial charge in [-0.2, -0.15) is 0 Å². The number of piperazine rings is 1. The molecular formula is C16H20Cl2N6. The van der Waals surface area contributed by atoms with Crippen LogP contribution in [-0.4, -0.2) is 47.6 Å². The zero-order valence-electron chi connectivity index (χ0n) is 13.5. The van der Waals surface area contributed by atoms with Gasteiger partial charge in [0.1, 0.15) is 12.0 Å². The Morgan fingerprint density at radius 2 is 1.92 bits per heavy atom. The van der Waals surface area contributed by atoms with Crippen LogP contribution in [0.2, 0.25) is 10.0 Å². The highest BCUT2D eigenvalue weighted by Crippen LogP contribution is 2.34. The van der Waals surface area contributed by atoms with Gasteiger partial charge >= 0.3 is 0 Å². The van der Waals surface area contributed by atoms with E-state index in [-0.39, 0.29) is 0 Å². The molecule has 8 heteroatoms. The maximum Gasteiger partial charge on any atom is 0.159 e. The fourth-order valence-electron chi connectivity index (χ4n) is 2.74. The smallest absolute Gasteiger partial charge is 0.159 e. The number of aromatic nitrogens is 2. The van der Waals surface area contributed by atoms with Gasteiger partial charge < -0.3 is 20.9 Å². The fraction of sp³-hybridized carbons (Fsp3) is 0.375. The van der Waals surface area contributed by atoms with Crippen LogP contribution in [0.25, 0.3) is 0 Å². The average molecular weight is 367 g/mol. The van der Waals surface area contributed by atoms with Gasteiger partial charge in [-0.3, -0.25) is 0 Å². The zero-order chi connectivity index (χ0) is 17.1. The molecule has 1 saturated heterocycles. The van der Waals surface area contributed by atoms with Crippen LogP contribution in [0.3, 0.4) is 0 Å². The number of nitrogens with two attached hydrogens (primary N) is 1. The van der Waals surface area contributed by atoms with E-state index in [0.29, 0.717) is 27.2 Å². The molecular weight excluding hydrogens is 347 g/mol. The molecule has 0 aliphatic carbocycles. The number of nitrogen functional groups attached to an aromatic ring is 1. The Hall–Kier alpha value is -1.76. The molecule has 1 aromatic carbocycles. The van der Waals surface area contributed by atoms with E-state index < -0.39 is 0 Å². The fourth-order valence-corrected chi connectivity index (χ4v) is 3.09. The molecule has 24 heavy (non-hydrogen) atoms. The van der Waals surface area contributed by atoms with Crippen LogP contribution in [0.5, 0.6) is 0 Å². The Bertz CT molecular complexity index is 716. The van der Waals surface area contributed by atoms with Crippen LogP contribution < -0.4 is 16.0 Å². The summed E-state index contributed by atoms with van der Waals surface area (Å²) in [7, 11) is 0. The lowest BCUT2D eigenvalue weighted by molar-refractivity contribution is 0.270. The van der Waals surface area contributed by atoms with Crippen LogP contribution in [0.4, 0.5) is 23.0 Å². The first-order valence-corrected chi connectivity index (χ1v) is 8.64. The monoisotopic (exact) mass is 366 g/mol. The van der Waals surface area contributed by atoms with Crippen molar-refractivity contribution in [2.45, 2.75) is 6.92 Å². The number of halogens is 2. The summed E-state index contributed by atoms with van der Waals surface area (Å²) >= 11 is 12.3. The summed E-state index contributed by atoms with van der Waals surface area (Å²) in [6.07, 6.45) is 1.51. The van der Waals surface area contributed by atoms with Crippen molar-refractivity contribution in [2.75, 3.05) is 48.7 Å². The van der Waals surface area contributed by atoms with E-state index >= 15 is 0 Å². The Morgan fingerprint density at radius 3 is 2.62 bits per heavy atom. The molecule has 1 aliphatic rings. The predicted octanol–water partition coefficient (Wildman–Crippen LogP) is 3.25. The van der Waals surface area contributed by atoms with Gasteiger partial charge in [0.15, 0.2) is 11.6 Å². The van der Waals surface area contributed by atoms with Crippen LogP contribution in [0, 0.1) is 0 Å². The number of nitrogens with zero attached hydrogens (tertiary/aromatic N) is 4. The van der Waals surface area contributed by atoms with Gasteiger partial charge in [0, 0.05) is 26.2 Å². The molecule has 1 aliphatic heterocycles. The molecule has 2 aromatic rings. The minimum absolute atomic E-state index is 0.440. The summed E-state index contributed by atoms with van der Waals surface area (Å²) in [5, 5.41) is 4.07. The third-order valence-electron chi connectivity index (χ3n) is 4.19. The maximum absolute atomic E-state index is 6.30. The van der Waals surface area contributed by atoms with Crippen molar-refractivity contribution < 1.29 is 0 Å². The van der Waals surface area contributed by atoms with Crippen LogP contribution in [-0.2, 0) is 0 Å². The second-order valence-corrected chi connectivity index (χ2v) is 6.39. The topological polar surface area (TPSA) is 70.3 Å². The molecule has 1 aromatic heterocycles. The minimum Gasteiger partial charge on any atom is -0.393 e. The molecule has 128 valence electrons. The second kappa shape index (κ2) is 7.42. The Kier molecular flexibility index (Phi) is 5.28. The Labute approximate surface area is 151 Å². The van der Waals surface area contributed by atoms with E-state index in [9.17, 15) is 0 Å². The van der Waals surface area contributed by atoms with Gasteiger partial charge in [-0.15, -0.1) is 0 Å². The first-order valence-electron chi connectivity index (χ1n) is 7.89. The number of nitrogens with one attached hydrogen (secondary N) is 1. The molecule has 2 heterocycles. The molecule has 0 bridgehead atoms. The summed E-state index contributed by atoms with van der Waals surface area (Å²) in [6, 6.07) is 5.38. The van der Waals surface area contributed by atoms with Crippen LogP contribution >= 0.6 is 23.2 Å². The van der Waals surface area contributed by atoms with Crippen molar-refractivity contribution in [3.8, 4) is 0 Å². The average Bonchev–Trinajstić information content (AvgIpc) is 2.61.